The first-order chi connectivity index (χ1) is 16.0. The number of alkyl halides is 2. The van der Waals surface area contributed by atoms with Crippen LogP contribution in [0.25, 0.3) is 0 Å². The predicted molar refractivity (Wildman–Crippen MR) is 137 cm³/mol. The molecule has 1 amide bonds. The van der Waals surface area contributed by atoms with Crippen molar-refractivity contribution in [1.82, 2.24) is 0 Å². The average Bonchev–Trinajstić information content (AvgIpc) is 3.33. The molecule has 176 valence electrons. The smallest absolute Gasteiger partial charge is 0.231 e. The van der Waals surface area contributed by atoms with Gasteiger partial charge in [0.05, 0.1) is 16.0 Å². The van der Waals surface area contributed by atoms with Crippen LogP contribution in [0.4, 0.5) is 10.1 Å². The van der Waals surface area contributed by atoms with Crippen LogP contribution in [-0.2, 0) is 11.2 Å². The summed E-state index contributed by atoms with van der Waals surface area (Å²) in [5.74, 6) is -2.70. The van der Waals surface area contributed by atoms with Crippen LogP contribution in [0.15, 0.2) is 54.6 Å². The van der Waals surface area contributed by atoms with E-state index in [0.717, 1.165) is 0 Å². The lowest BCUT2D eigenvalue weighted by atomic mass is 10.0. The Kier molecular flexibility index (Phi) is 7.40. The molecule has 0 bridgehead atoms. The molecule has 0 radical (unpaired) electrons. The maximum absolute atomic E-state index is 13.7. The highest BCUT2D eigenvalue weighted by Gasteiger charge is 2.67. The molecule has 0 heterocycles. The van der Waals surface area contributed by atoms with E-state index in [1.807, 2.05) is 0 Å². The fourth-order valence-corrected chi connectivity index (χ4v) is 5.50. The second kappa shape index (κ2) is 9.85. The van der Waals surface area contributed by atoms with E-state index in [0.29, 0.717) is 26.9 Å². The van der Waals surface area contributed by atoms with Gasteiger partial charge in [-0.1, -0.05) is 52.5 Å². The number of benzene rings is 3. The second-order valence-electron chi connectivity index (χ2n) is 7.86. The molecule has 1 aliphatic carbocycles. The largest absolute Gasteiger partial charge is 0.326 e. The molecule has 2 unspecified atom stereocenters. The molecule has 10 heteroatoms. The molecule has 0 aliphatic heterocycles. The number of nitrogens with one attached hydrogen (secondary N) is 1. The molecule has 1 aliphatic rings. The first-order valence-electron chi connectivity index (χ1n) is 9.88. The van der Waals surface area contributed by atoms with E-state index in [-0.39, 0.29) is 27.8 Å². The van der Waals surface area contributed by atoms with Gasteiger partial charge in [-0.3, -0.25) is 9.59 Å². The summed E-state index contributed by atoms with van der Waals surface area (Å²) in [7, 11) is 0. The van der Waals surface area contributed by atoms with Gasteiger partial charge in [-0.25, -0.2) is 4.39 Å². The number of hydrogen-bond acceptors (Lipinski definition) is 2. The molecule has 0 spiro atoms. The zero-order valence-electron chi connectivity index (χ0n) is 17.0. The maximum Gasteiger partial charge on any atom is 0.231 e. The molecule has 0 saturated heterocycles. The van der Waals surface area contributed by atoms with E-state index in [2.05, 4.69) is 5.32 Å². The molecule has 1 saturated carbocycles. The third kappa shape index (κ3) is 5.33. The van der Waals surface area contributed by atoms with Gasteiger partial charge in [-0.15, -0.1) is 23.2 Å². The van der Waals surface area contributed by atoms with E-state index in [1.165, 1.54) is 24.3 Å². The highest BCUT2D eigenvalue weighted by Crippen LogP contribution is 2.65. The standard InChI is InChI=1S/C24H14Cl6FNO2/c25-13-7-12(8-14(26)9-13)21-22(24(21,29)30)23(34)32-15-2-4-17(27)16(10-15)20(33)6-11-1-3-18(28)19(31)5-11/h1-5,7-10,21-22H,6H2,(H,32,34). The quantitative estimate of drug-likeness (QED) is 0.235. The SMILES string of the molecule is O=C(Cc1ccc(Cl)c(F)c1)c1cc(NC(=O)C2C(c3cc(Cl)cc(Cl)c3)C2(Cl)Cl)ccc1Cl. The molecule has 1 fully saturated rings. The van der Waals surface area contributed by atoms with Gasteiger partial charge in [0.1, 0.15) is 10.2 Å². The van der Waals surface area contributed by atoms with Crippen LogP contribution in [0.3, 0.4) is 0 Å². The van der Waals surface area contributed by atoms with Crippen LogP contribution in [0.2, 0.25) is 20.1 Å². The minimum Gasteiger partial charge on any atom is -0.326 e. The summed E-state index contributed by atoms with van der Waals surface area (Å²) in [6, 6.07) is 13.5. The Morgan fingerprint density at radius 2 is 1.53 bits per heavy atom. The van der Waals surface area contributed by atoms with Crippen molar-refractivity contribution < 1.29 is 14.0 Å². The molecule has 4 rings (SSSR count). The number of carbonyl (C=O) groups is 2. The van der Waals surface area contributed by atoms with Crippen molar-refractivity contribution in [1.29, 1.82) is 0 Å². The zero-order chi connectivity index (χ0) is 24.8. The van der Waals surface area contributed by atoms with Gasteiger partial charge in [-0.2, -0.15) is 0 Å². The number of anilines is 1. The maximum atomic E-state index is 13.7. The summed E-state index contributed by atoms with van der Waals surface area (Å²) < 4.78 is 12.4. The van der Waals surface area contributed by atoms with Crippen LogP contribution in [0.1, 0.15) is 27.4 Å². The molecule has 2 atom stereocenters. The molecular formula is C24H14Cl6FNO2. The van der Waals surface area contributed by atoms with Crippen LogP contribution in [0, 0.1) is 11.7 Å². The van der Waals surface area contributed by atoms with Crippen molar-refractivity contribution in [2.75, 3.05) is 5.32 Å². The average molecular weight is 580 g/mol. The number of hydrogen-bond donors (Lipinski definition) is 1. The van der Waals surface area contributed by atoms with E-state index < -0.39 is 27.9 Å². The third-order valence-corrected chi connectivity index (χ3v) is 7.48. The Labute approximate surface area is 225 Å². The van der Waals surface area contributed by atoms with Crippen molar-refractivity contribution in [2.24, 2.45) is 5.92 Å². The van der Waals surface area contributed by atoms with Gasteiger partial charge < -0.3 is 5.32 Å². The summed E-state index contributed by atoms with van der Waals surface area (Å²) in [6.07, 6.45) is -0.0993. The first kappa shape index (κ1) is 25.6. The van der Waals surface area contributed by atoms with Gasteiger partial charge in [0.25, 0.3) is 0 Å². The Morgan fingerprint density at radius 3 is 2.18 bits per heavy atom. The molecule has 3 nitrogen and oxygen atoms in total. The van der Waals surface area contributed by atoms with Crippen molar-refractivity contribution in [2.45, 2.75) is 16.7 Å². The minimum atomic E-state index is -1.35. The van der Waals surface area contributed by atoms with E-state index in [4.69, 9.17) is 69.6 Å². The molecule has 34 heavy (non-hydrogen) atoms. The fraction of sp³-hybridized carbons (Fsp3) is 0.167. The molecule has 3 aromatic carbocycles. The Balaban J connectivity index is 1.51. The van der Waals surface area contributed by atoms with Gasteiger partial charge in [-0.05, 0) is 59.7 Å². The lowest BCUT2D eigenvalue weighted by Crippen LogP contribution is -2.17. The zero-order valence-corrected chi connectivity index (χ0v) is 21.6. The summed E-state index contributed by atoms with van der Waals surface area (Å²) in [6.45, 7) is 0. The van der Waals surface area contributed by atoms with Crippen LogP contribution < -0.4 is 5.32 Å². The minimum absolute atomic E-state index is 0.0352. The lowest BCUT2D eigenvalue weighted by molar-refractivity contribution is -0.117. The number of amides is 1. The van der Waals surface area contributed by atoms with Crippen LogP contribution >= 0.6 is 69.6 Å². The summed E-state index contributed by atoms with van der Waals surface area (Å²) in [5.41, 5.74) is 1.59. The van der Waals surface area contributed by atoms with Gasteiger partial charge >= 0.3 is 0 Å². The highest BCUT2D eigenvalue weighted by atomic mass is 35.5. The van der Waals surface area contributed by atoms with Crippen molar-refractivity contribution in [3.8, 4) is 0 Å². The number of halogens is 7. The molecule has 3 aromatic rings. The summed E-state index contributed by atoms with van der Waals surface area (Å²) in [5, 5.41) is 3.69. The monoisotopic (exact) mass is 577 g/mol. The Bertz CT molecular complexity index is 1290. The second-order valence-corrected chi connectivity index (χ2v) is 11.0. The molecular weight excluding hydrogens is 566 g/mol. The summed E-state index contributed by atoms with van der Waals surface area (Å²) in [4.78, 5) is 25.8. The van der Waals surface area contributed by atoms with E-state index in [1.54, 1.807) is 30.3 Å². The molecule has 0 aromatic heterocycles. The van der Waals surface area contributed by atoms with Gasteiger partial charge in [0.15, 0.2) is 5.78 Å². The molecule has 1 N–H and O–H groups in total. The number of ketones is 1. The number of rotatable bonds is 6. The lowest BCUT2D eigenvalue weighted by Gasteiger charge is -2.10. The normalized spacial score (nSPS) is 18.4. The number of Topliss-reactive ketones (excluding diaryl/α,β-unsaturated/α-hetero) is 1. The Morgan fingerprint density at radius 1 is 0.882 bits per heavy atom. The van der Waals surface area contributed by atoms with E-state index in [9.17, 15) is 14.0 Å². The van der Waals surface area contributed by atoms with Gasteiger partial charge in [0.2, 0.25) is 5.91 Å². The predicted octanol–water partition coefficient (Wildman–Crippen LogP) is 8.39. The fourth-order valence-electron chi connectivity index (χ4n) is 3.79. The topological polar surface area (TPSA) is 46.2 Å². The van der Waals surface area contributed by atoms with Gasteiger partial charge in [0, 0.05) is 33.6 Å². The first-order valence-corrected chi connectivity index (χ1v) is 12.2. The summed E-state index contributed by atoms with van der Waals surface area (Å²) >= 11 is 36.8. The van der Waals surface area contributed by atoms with Crippen LogP contribution in [0.5, 0.6) is 0 Å². The van der Waals surface area contributed by atoms with Crippen LogP contribution in [-0.4, -0.2) is 16.0 Å². The van der Waals surface area contributed by atoms with E-state index >= 15 is 0 Å². The van der Waals surface area contributed by atoms with Crippen molar-refractivity contribution >= 4 is 87.0 Å². The number of carbonyl (C=O) groups excluding carboxylic acids is 2. The van der Waals surface area contributed by atoms with Crippen molar-refractivity contribution in [3.63, 3.8) is 0 Å². The highest BCUT2D eigenvalue weighted by molar-refractivity contribution is 6.53. The third-order valence-electron chi connectivity index (χ3n) is 5.46. The Hall–Kier alpha value is -1.53. The van der Waals surface area contributed by atoms with Crippen molar-refractivity contribution in [3.05, 3.63) is 97.2 Å².